The van der Waals surface area contributed by atoms with Gasteiger partial charge in [-0.1, -0.05) is 6.07 Å². The molecule has 2 heterocycles. The van der Waals surface area contributed by atoms with Crippen molar-refractivity contribution in [1.29, 1.82) is 0 Å². The Morgan fingerprint density at radius 1 is 1.14 bits per heavy atom. The molecule has 0 bridgehead atoms. The van der Waals surface area contributed by atoms with E-state index in [1.807, 2.05) is 42.9 Å². The van der Waals surface area contributed by atoms with Crippen LogP contribution in [0.1, 0.15) is 13.8 Å². The zero-order chi connectivity index (χ0) is 14.8. The molecule has 0 fully saturated rings. The summed E-state index contributed by atoms with van der Waals surface area (Å²) in [7, 11) is 0. The lowest BCUT2D eigenvalue weighted by atomic mass is 10.2. The number of nitrogens with zero attached hydrogens (tertiary/aromatic N) is 3. The van der Waals surface area contributed by atoms with E-state index in [0.29, 0.717) is 5.82 Å². The lowest BCUT2D eigenvalue weighted by Crippen LogP contribution is -2.08. The van der Waals surface area contributed by atoms with Crippen LogP contribution >= 0.6 is 0 Å². The molecule has 0 amide bonds. The van der Waals surface area contributed by atoms with Crippen molar-refractivity contribution < 1.29 is 4.74 Å². The molecule has 2 N–H and O–H groups in total. The number of aryl methyl sites for hydroxylation is 2. The number of nitrogens with two attached hydrogens (primary N) is 1. The zero-order valence-electron chi connectivity index (χ0n) is 12.4. The van der Waals surface area contributed by atoms with Gasteiger partial charge >= 0.3 is 0 Å². The Bertz CT molecular complexity index is 742. The van der Waals surface area contributed by atoms with Gasteiger partial charge in [0.2, 0.25) is 0 Å². The molecule has 0 aliphatic carbocycles. The molecule has 0 radical (unpaired) electrons. The van der Waals surface area contributed by atoms with Gasteiger partial charge in [0, 0.05) is 24.3 Å². The molecule has 3 rings (SSSR count). The average molecular weight is 284 g/mol. The van der Waals surface area contributed by atoms with Crippen molar-refractivity contribution in [3.05, 3.63) is 42.7 Å². The summed E-state index contributed by atoms with van der Waals surface area (Å²) < 4.78 is 9.92. The van der Waals surface area contributed by atoms with Gasteiger partial charge in [0.1, 0.15) is 11.6 Å². The average Bonchev–Trinajstić information content (AvgIpc) is 3.03. The maximum atomic E-state index is 5.86. The second-order valence-corrected chi connectivity index (χ2v) is 5.37. The standard InChI is InChI=1S/C16H20N4O/c1-12(2)21-15-5-3-4-14-13(15)6-8-19(14)10-11-20-9-7-16(17)18-20/h3-9,12H,10-11H2,1-2H3,(H2,17,18). The van der Waals surface area contributed by atoms with E-state index in [-0.39, 0.29) is 6.10 Å². The second kappa shape index (κ2) is 5.52. The molecule has 0 unspecified atom stereocenters. The molecule has 21 heavy (non-hydrogen) atoms. The monoisotopic (exact) mass is 284 g/mol. The van der Waals surface area contributed by atoms with Gasteiger partial charge in [-0.05, 0) is 38.1 Å². The van der Waals surface area contributed by atoms with Crippen LogP contribution in [0.15, 0.2) is 42.7 Å². The summed E-state index contributed by atoms with van der Waals surface area (Å²) in [5.74, 6) is 1.49. The van der Waals surface area contributed by atoms with Crippen LogP contribution < -0.4 is 10.5 Å². The number of ether oxygens (including phenoxy) is 1. The van der Waals surface area contributed by atoms with Crippen LogP contribution in [0.2, 0.25) is 0 Å². The third kappa shape index (κ3) is 2.86. The van der Waals surface area contributed by atoms with Crippen LogP contribution in [-0.2, 0) is 13.1 Å². The second-order valence-electron chi connectivity index (χ2n) is 5.37. The first-order valence-corrected chi connectivity index (χ1v) is 7.17. The first-order valence-electron chi connectivity index (χ1n) is 7.17. The molecule has 1 aromatic carbocycles. The van der Waals surface area contributed by atoms with E-state index < -0.39 is 0 Å². The smallest absolute Gasteiger partial charge is 0.145 e. The molecular weight excluding hydrogens is 264 g/mol. The van der Waals surface area contributed by atoms with Crippen LogP contribution in [0.4, 0.5) is 5.82 Å². The van der Waals surface area contributed by atoms with Crippen LogP contribution in [0, 0.1) is 0 Å². The fourth-order valence-corrected chi connectivity index (χ4v) is 2.46. The minimum atomic E-state index is 0.172. The highest BCUT2D eigenvalue weighted by molar-refractivity contribution is 5.86. The normalized spacial score (nSPS) is 11.4. The maximum Gasteiger partial charge on any atom is 0.145 e. The molecule has 5 nitrogen and oxygen atoms in total. The molecule has 0 saturated heterocycles. The number of rotatable bonds is 5. The molecular formula is C16H20N4O. The number of fused-ring (bicyclic) bond motifs is 1. The molecule has 0 aliphatic rings. The molecule has 0 saturated carbocycles. The predicted octanol–water partition coefficient (Wildman–Crippen LogP) is 2.91. The Labute approximate surface area is 123 Å². The summed E-state index contributed by atoms with van der Waals surface area (Å²) >= 11 is 0. The number of hydrogen-bond donors (Lipinski definition) is 1. The molecule has 5 heteroatoms. The third-order valence-corrected chi connectivity index (χ3v) is 3.37. The minimum absolute atomic E-state index is 0.172. The molecule has 0 aliphatic heterocycles. The van der Waals surface area contributed by atoms with Gasteiger partial charge in [-0.3, -0.25) is 4.68 Å². The largest absolute Gasteiger partial charge is 0.490 e. The lowest BCUT2D eigenvalue weighted by Gasteiger charge is -2.11. The SMILES string of the molecule is CC(C)Oc1cccc2c1ccn2CCn1ccc(N)n1. The van der Waals surface area contributed by atoms with E-state index in [4.69, 9.17) is 10.5 Å². The molecule has 0 spiro atoms. The molecule has 0 atom stereocenters. The summed E-state index contributed by atoms with van der Waals surface area (Å²) in [5.41, 5.74) is 6.80. The van der Waals surface area contributed by atoms with E-state index >= 15 is 0 Å². The number of anilines is 1. The topological polar surface area (TPSA) is 58.0 Å². The van der Waals surface area contributed by atoms with E-state index in [1.54, 1.807) is 0 Å². The number of nitrogen functional groups attached to an aromatic ring is 1. The Morgan fingerprint density at radius 2 is 2.00 bits per heavy atom. The van der Waals surface area contributed by atoms with Gasteiger partial charge in [0.15, 0.2) is 0 Å². The van der Waals surface area contributed by atoms with Crippen molar-refractivity contribution in [3.8, 4) is 5.75 Å². The van der Waals surface area contributed by atoms with Crippen molar-refractivity contribution in [2.75, 3.05) is 5.73 Å². The van der Waals surface area contributed by atoms with Crippen LogP contribution in [0.3, 0.4) is 0 Å². The number of aromatic nitrogens is 3. The van der Waals surface area contributed by atoms with E-state index in [2.05, 4.69) is 28.0 Å². The highest BCUT2D eigenvalue weighted by Gasteiger charge is 2.08. The van der Waals surface area contributed by atoms with Gasteiger partial charge in [0.05, 0.1) is 18.2 Å². The first kappa shape index (κ1) is 13.5. The van der Waals surface area contributed by atoms with Crippen LogP contribution in [-0.4, -0.2) is 20.5 Å². The number of hydrogen-bond acceptors (Lipinski definition) is 3. The number of benzene rings is 1. The third-order valence-electron chi connectivity index (χ3n) is 3.37. The van der Waals surface area contributed by atoms with Gasteiger partial charge in [0.25, 0.3) is 0 Å². The van der Waals surface area contributed by atoms with Crippen LogP contribution in [0.5, 0.6) is 5.75 Å². The lowest BCUT2D eigenvalue weighted by molar-refractivity contribution is 0.245. The first-order chi connectivity index (χ1) is 10.1. The zero-order valence-corrected chi connectivity index (χ0v) is 12.4. The Balaban J connectivity index is 1.83. The van der Waals surface area contributed by atoms with E-state index in [1.165, 1.54) is 5.52 Å². The Kier molecular flexibility index (Phi) is 3.56. The highest BCUT2D eigenvalue weighted by Crippen LogP contribution is 2.27. The van der Waals surface area contributed by atoms with Gasteiger partial charge in [-0.25, -0.2) is 0 Å². The van der Waals surface area contributed by atoms with Gasteiger partial charge < -0.3 is 15.0 Å². The van der Waals surface area contributed by atoms with Crippen molar-refractivity contribution in [1.82, 2.24) is 14.3 Å². The molecule has 110 valence electrons. The summed E-state index contributed by atoms with van der Waals surface area (Å²) in [6.45, 7) is 5.71. The Morgan fingerprint density at radius 3 is 2.71 bits per heavy atom. The van der Waals surface area contributed by atoms with Crippen molar-refractivity contribution in [2.45, 2.75) is 33.0 Å². The summed E-state index contributed by atoms with van der Waals surface area (Å²) in [6.07, 6.45) is 4.16. The van der Waals surface area contributed by atoms with E-state index in [0.717, 1.165) is 24.2 Å². The Hall–Kier alpha value is -2.43. The van der Waals surface area contributed by atoms with Gasteiger partial charge in [-0.15, -0.1) is 0 Å². The predicted molar refractivity (Wildman–Crippen MR) is 84.3 cm³/mol. The summed E-state index contributed by atoms with van der Waals surface area (Å²) in [6, 6.07) is 10.1. The van der Waals surface area contributed by atoms with Crippen molar-refractivity contribution >= 4 is 16.7 Å². The summed E-state index contributed by atoms with van der Waals surface area (Å²) in [4.78, 5) is 0. The summed E-state index contributed by atoms with van der Waals surface area (Å²) in [5, 5.41) is 5.35. The fourth-order valence-electron chi connectivity index (χ4n) is 2.46. The van der Waals surface area contributed by atoms with E-state index in [9.17, 15) is 0 Å². The van der Waals surface area contributed by atoms with Crippen molar-refractivity contribution in [2.24, 2.45) is 0 Å². The highest BCUT2D eigenvalue weighted by atomic mass is 16.5. The van der Waals surface area contributed by atoms with Gasteiger partial charge in [-0.2, -0.15) is 5.10 Å². The maximum absolute atomic E-state index is 5.86. The minimum Gasteiger partial charge on any atom is -0.490 e. The molecule has 3 aromatic rings. The van der Waals surface area contributed by atoms with Crippen LogP contribution in [0.25, 0.3) is 10.9 Å². The van der Waals surface area contributed by atoms with Crippen molar-refractivity contribution in [3.63, 3.8) is 0 Å². The molecule has 2 aromatic heterocycles. The quantitative estimate of drug-likeness (QED) is 0.783. The fraction of sp³-hybridized carbons (Fsp3) is 0.312.